The number of hydrogen-bond acceptors (Lipinski definition) is 5. The van der Waals surface area contributed by atoms with E-state index >= 15 is 0 Å². The van der Waals surface area contributed by atoms with E-state index in [0.717, 1.165) is 13.0 Å². The van der Waals surface area contributed by atoms with Gasteiger partial charge in [0, 0.05) is 6.04 Å². The molecule has 5 heteroatoms. The lowest BCUT2D eigenvalue weighted by Crippen LogP contribution is -2.47. The zero-order valence-electron chi connectivity index (χ0n) is 13.5. The molecule has 1 heterocycles. The molecule has 5 nitrogen and oxygen atoms in total. The summed E-state index contributed by atoms with van der Waals surface area (Å²) in [5, 5.41) is 0. The van der Waals surface area contributed by atoms with Crippen LogP contribution in [0.15, 0.2) is 0 Å². The third kappa shape index (κ3) is 5.38. The maximum atomic E-state index is 11.7. The summed E-state index contributed by atoms with van der Waals surface area (Å²) in [6.07, 6.45) is 4.05. The van der Waals surface area contributed by atoms with Crippen LogP contribution in [0.4, 0.5) is 0 Å². The van der Waals surface area contributed by atoms with E-state index in [-0.39, 0.29) is 5.97 Å². The zero-order valence-corrected chi connectivity index (χ0v) is 13.5. The number of carbonyl (C=O) groups excluding carboxylic acids is 1. The molecule has 1 rings (SSSR count). The Morgan fingerprint density at radius 2 is 2.05 bits per heavy atom. The van der Waals surface area contributed by atoms with Crippen molar-refractivity contribution < 1.29 is 9.53 Å². The molecule has 2 N–H and O–H groups in total. The summed E-state index contributed by atoms with van der Waals surface area (Å²) in [6.45, 7) is 7.29. The van der Waals surface area contributed by atoms with Crippen LogP contribution >= 0.6 is 0 Å². The Morgan fingerprint density at radius 1 is 1.45 bits per heavy atom. The summed E-state index contributed by atoms with van der Waals surface area (Å²) in [6, 6.07) is 0.665. The molecule has 1 fully saturated rings. The van der Waals surface area contributed by atoms with Crippen molar-refractivity contribution in [2.75, 3.05) is 40.3 Å². The van der Waals surface area contributed by atoms with Gasteiger partial charge in [0.15, 0.2) is 0 Å². The van der Waals surface area contributed by atoms with Gasteiger partial charge in [-0.25, -0.2) is 0 Å². The number of likely N-dealkylation sites (tertiary alicyclic amines) is 1. The van der Waals surface area contributed by atoms with E-state index in [1.54, 1.807) is 6.92 Å². The van der Waals surface area contributed by atoms with E-state index < -0.39 is 5.54 Å². The highest BCUT2D eigenvalue weighted by Crippen LogP contribution is 2.16. The first kappa shape index (κ1) is 17.4. The van der Waals surface area contributed by atoms with Gasteiger partial charge in [-0.3, -0.25) is 4.79 Å². The van der Waals surface area contributed by atoms with Crippen LogP contribution in [0.5, 0.6) is 0 Å². The van der Waals surface area contributed by atoms with Crippen LogP contribution in [-0.4, -0.2) is 67.7 Å². The van der Waals surface area contributed by atoms with Gasteiger partial charge < -0.3 is 20.3 Å². The van der Waals surface area contributed by atoms with Crippen molar-refractivity contribution in [2.45, 2.75) is 51.1 Å². The number of carbonyl (C=O) groups is 1. The van der Waals surface area contributed by atoms with E-state index in [1.165, 1.54) is 25.9 Å². The summed E-state index contributed by atoms with van der Waals surface area (Å²) in [5.41, 5.74) is 5.17. The molecule has 0 amide bonds. The van der Waals surface area contributed by atoms with E-state index in [0.29, 0.717) is 19.1 Å². The molecule has 1 aliphatic heterocycles. The number of piperidine rings is 1. The Kier molecular flexibility index (Phi) is 6.92. The molecular weight excluding hydrogens is 254 g/mol. The monoisotopic (exact) mass is 285 g/mol. The zero-order chi connectivity index (χ0) is 15.2. The number of hydrogen-bond donors (Lipinski definition) is 1. The molecule has 20 heavy (non-hydrogen) atoms. The van der Waals surface area contributed by atoms with Crippen LogP contribution in [-0.2, 0) is 9.53 Å². The van der Waals surface area contributed by atoms with Crippen molar-refractivity contribution >= 4 is 5.97 Å². The highest BCUT2D eigenvalue weighted by atomic mass is 16.5. The fourth-order valence-electron chi connectivity index (χ4n) is 2.71. The topological polar surface area (TPSA) is 58.8 Å². The molecule has 1 saturated heterocycles. The van der Waals surface area contributed by atoms with Gasteiger partial charge in [-0.05, 0) is 73.3 Å². The molecule has 1 unspecified atom stereocenters. The largest absolute Gasteiger partial charge is 0.465 e. The smallest absolute Gasteiger partial charge is 0.325 e. The van der Waals surface area contributed by atoms with Crippen LogP contribution < -0.4 is 5.73 Å². The van der Waals surface area contributed by atoms with Crippen molar-refractivity contribution in [1.82, 2.24) is 9.80 Å². The minimum atomic E-state index is -0.858. The molecule has 1 atom stereocenters. The van der Waals surface area contributed by atoms with E-state index in [4.69, 9.17) is 10.5 Å². The van der Waals surface area contributed by atoms with Crippen molar-refractivity contribution in [3.63, 3.8) is 0 Å². The summed E-state index contributed by atoms with van der Waals surface area (Å²) in [7, 11) is 4.35. The number of ether oxygens (including phenoxy) is 1. The van der Waals surface area contributed by atoms with Gasteiger partial charge in [-0.1, -0.05) is 0 Å². The van der Waals surface area contributed by atoms with Gasteiger partial charge in [0.2, 0.25) is 0 Å². The summed E-state index contributed by atoms with van der Waals surface area (Å²) >= 11 is 0. The van der Waals surface area contributed by atoms with Gasteiger partial charge in [0.25, 0.3) is 0 Å². The SMILES string of the molecule is CCOC(=O)C(C)(N)CCCN(C)C1CCN(C)CC1. The second-order valence-electron chi connectivity index (χ2n) is 6.26. The maximum Gasteiger partial charge on any atom is 0.325 e. The normalized spacial score (nSPS) is 20.9. The molecule has 1 aliphatic rings. The minimum absolute atomic E-state index is 0.290. The molecule has 0 aromatic heterocycles. The van der Waals surface area contributed by atoms with Crippen molar-refractivity contribution in [2.24, 2.45) is 5.73 Å². The fraction of sp³-hybridized carbons (Fsp3) is 0.933. The molecule has 118 valence electrons. The molecule has 0 radical (unpaired) electrons. The molecule has 0 bridgehead atoms. The highest BCUT2D eigenvalue weighted by Gasteiger charge is 2.29. The van der Waals surface area contributed by atoms with Crippen LogP contribution in [0.1, 0.15) is 39.5 Å². The third-order valence-electron chi connectivity index (χ3n) is 4.26. The Labute approximate surface area is 123 Å². The van der Waals surface area contributed by atoms with E-state index in [2.05, 4.69) is 23.9 Å². The van der Waals surface area contributed by atoms with Crippen molar-refractivity contribution in [3.8, 4) is 0 Å². The van der Waals surface area contributed by atoms with Crippen LogP contribution in [0.2, 0.25) is 0 Å². The van der Waals surface area contributed by atoms with Crippen LogP contribution in [0.3, 0.4) is 0 Å². The Morgan fingerprint density at radius 3 is 2.60 bits per heavy atom. The Balaban J connectivity index is 2.27. The molecule has 0 aromatic carbocycles. The van der Waals surface area contributed by atoms with E-state index in [1.807, 2.05) is 6.92 Å². The average molecular weight is 285 g/mol. The summed E-state index contributed by atoms with van der Waals surface area (Å²) < 4.78 is 5.01. The summed E-state index contributed by atoms with van der Waals surface area (Å²) in [5.74, 6) is -0.290. The molecule has 0 saturated carbocycles. The first-order valence-electron chi connectivity index (χ1n) is 7.71. The molecule has 0 aromatic rings. The average Bonchev–Trinajstić information content (AvgIpc) is 2.39. The van der Waals surface area contributed by atoms with E-state index in [9.17, 15) is 4.79 Å². The molecule has 0 aliphatic carbocycles. The van der Waals surface area contributed by atoms with Crippen LogP contribution in [0, 0.1) is 0 Å². The lowest BCUT2D eigenvalue weighted by molar-refractivity contribution is -0.149. The molecule has 0 spiro atoms. The predicted molar refractivity (Wildman–Crippen MR) is 81.6 cm³/mol. The Bertz CT molecular complexity index is 299. The fourth-order valence-corrected chi connectivity index (χ4v) is 2.71. The minimum Gasteiger partial charge on any atom is -0.465 e. The van der Waals surface area contributed by atoms with Gasteiger partial charge in [0.05, 0.1) is 6.61 Å². The number of rotatable bonds is 7. The number of nitrogens with zero attached hydrogens (tertiary/aromatic N) is 2. The highest BCUT2D eigenvalue weighted by molar-refractivity contribution is 5.79. The standard InChI is InChI=1S/C15H31N3O2/c1-5-20-14(19)15(2,16)9-6-10-18(4)13-7-11-17(3)12-8-13/h13H,5-12,16H2,1-4H3. The third-order valence-corrected chi connectivity index (χ3v) is 4.26. The first-order valence-corrected chi connectivity index (χ1v) is 7.71. The quantitative estimate of drug-likeness (QED) is 0.709. The Hall–Kier alpha value is -0.650. The van der Waals surface area contributed by atoms with Gasteiger partial charge in [0.1, 0.15) is 5.54 Å². The van der Waals surface area contributed by atoms with Gasteiger partial charge >= 0.3 is 5.97 Å². The second-order valence-corrected chi connectivity index (χ2v) is 6.26. The predicted octanol–water partition coefficient (Wildman–Crippen LogP) is 1.07. The molecular formula is C15H31N3O2. The second kappa shape index (κ2) is 7.96. The lowest BCUT2D eigenvalue weighted by Gasteiger charge is -2.35. The van der Waals surface area contributed by atoms with Crippen LogP contribution in [0.25, 0.3) is 0 Å². The van der Waals surface area contributed by atoms with Gasteiger partial charge in [-0.2, -0.15) is 0 Å². The van der Waals surface area contributed by atoms with Crippen molar-refractivity contribution in [1.29, 1.82) is 0 Å². The van der Waals surface area contributed by atoms with Gasteiger partial charge in [-0.15, -0.1) is 0 Å². The maximum absolute atomic E-state index is 11.7. The lowest BCUT2D eigenvalue weighted by atomic mass is 9.96. The number of esters is 1. The first-order chi connectivity index (χ1) is 9.36. The van der Waals surface area contributed by atoms with Crippen molar-refractivity contribution in [3.05, 3.63) is 0 Å². The summed E-state index contributed by atoms with van der Waals surface area (Å²) in [4.78, 5) is 16.5. The number of nitrogens with two attached hydrogens (primary N) is 1.